The third kappa shape index (κ3) is 4.53. The van der Waals surface area contributed by atoms with E-state index >= 15 is 0 Å². The van der Waals surface area contributed by atoms with Crippen LogP contribution >= 0.6 is 0 Å². The number of nitrogens with one attached hydrogen (secondary N) is 2. The maximum Gasteiger partial charge on any atom is 0.224 e. The zero-order valence-corrected chi connectivity index (χ0v) is 18.4. The Bertz CT molecular complexity index is 1310. The number of H-pyrrole nitrogens is 1. The van der Waals surface area contributed by atoms with E-state index in [9.17, 15) is 13.2 Å². The molecule has 6 nitrogen and oxygen atoms in total. The van der Waals surface area contributed by atoms with Gasteiger partial charge in [-0.25, -0.2) is 8.42 Å². The molecular formula is C25H24N2O4S. The second kappa shape index (κ2) is 9.28. The molecule has 1 atom stereocenters. The number of hydrogen-bond donors (Lipinski definition) is 2. The number of amides is 1. The summed E-state index contributed by atoms with van der Waals surface area (Å²) >= 11 is 0. The van der Waals surface area contributed by atoms with Crippen molar-refractivity contribution in [3.8, 4) is 5.75 Å². The Balaban J connectivity index is 1.55. The predicted molar refractivity (Wildman–Crippen MR) is 124 cm³/mol. The standard InChI is InChI=1S/C25H24N2O4S/c1-31-20-11-13-21(14-12-20)32(29,30)24(18-7-3-2-4-8-18)17-27-25(28)15-19-16-26-23-10-6-5-9-22(19)23/h2-14,16,24,26H,15,17H2,1H3,(H,27,28). The van der Waals surface area contributed by atoms with Gasteiger partial charge in [-0.3, -0.25) is 4.79 Å². The zero-order chi connectivity index (χ0) is 22.6. The van der Waals surface area contributed by atoms with Crippen LogP contribution in [0.15, 0.2) is 90.0 Å². The second-order valence-electron chi connectivity index (χ2n) is 7.46. The maximum absolute atomic E-state index is 13.4. The highest BCUT2D eigenvalue weighted by atomic mass is 32.2. The van der Waals surface area contributed by atoms with Gasteiger partial charge in [0.2, 0.25) is 5.91 Å². The van der Waals surface area contributed by atoms with Crippen LogP contribution < -0.4 is 10.1 Å². The second-order valence-corrected chi connectivity index (χ2v) is 9.59. The number of sulfone groups is 1. The molecule has 1 unspecified atom stereocenters. The highest BCUT2D eigenvalue weighted by Crippen LogP contribution is 2.29. The number of benzene rings is 3. The molecule has 164 valence electrons. The molecule has 7 heteroatoms. The maximum atomic E-state index is 13.4. The summed E-state index contributed by atoms with van der Waals surface area (Å²) in [5, 5.41) is 2.89. The minimum absolute atomic E-state index is 0.0282. The molecular weight excluding hydrogens is 424 g/mol. The van der Waals surface area contributed by atoms with Crippen LogP contribution in [-0.2, 0) is 21.1 Å². The van der Waals surface area contributed by atoms with Gasteiger partial charge < -0.3 is 15.0 Å². The monoisotopic (exact) mass is 448 g/mol. The summed E-state index contributed by atoms with van der Waals surface area (Å²) in [5.41, 5.74) is 2.45. The smallest absolute Gasteiger partial charge is 0.224 e. The van der Waals surface area contributed by atoms with Gasteiger partial charge >= 0.3 is 0 Å². The third-order valence-corrected chi connectivity index (χ3v) is 7.56. The highest BCUT2D eigenvalue weighted by Gasteiger charge is 2.29. The van der Waals surface area contributed by atoms with Gasteiger partial charge in [0, 0.05) is 23.6 Å². The van der Waals surface area contributed by atoms with E-state index in [-0.39, 0.29) is 23.8 Å². The van der Waals surface area contributed by atoms with Crippen molar-refractivity contribution < 1.29 is 17.9 Å². The molecule has 1 heterocycles. The topological polar surface area (TPSA) is 88.3 Å². The molecule has 0 bridgehead atoms. The Kier molecular flexibility index (Phi) is 6.28. The van der Waals surface area contributed by atoms with Crippen LogP contribution in [0.1, 0.15) is 16.4 Å². The zero-order valence-electron chi connectivity index (χ0n) is 17.6. The summed E-state index contributed by atoms with van der Waals surface area (Å²) in [5.74, 6) is 0.341. The van der Waals surface area contributed by atoms with E-state index in [4.69, 9.17) is 4.74 Å². The quantitative estimate of drug-likeness (QED) is 0.426. The minimum atomic E-state index is -3.75. The number of para-hydroxylation sites is 1. The fourth-order valence-electron chi connectivity index (χ4n) is 3.72. The Morgan fingerprint density at radius 2 is 1.66 bits per heavy atom. The molecule has 0 radical (unpaired) electrons. The lowest BCUT2D eigenvalue weighted by Gasteiger charge is -2.19. The number of aromatic nitrogens is 1. The average molecular weight is 449 g/mol. The third-order valence-electron chi connectivity index (χ3n) is 5.44. The van der Waals surface area contributed by atoms with Gasteiger partial charge in [0.1, 0.15) is 11.0 Å². The molecule has 1 amide bonds. The summed E-state index contributed by atoms with van der Waals surface area (Å²) < 4.78 is 32.0. The van der Waals surface area contributed by atoms with Gasteiger partial charge in [-0.1, -0.05) is 48.5 Å². The molecule has 2 N–H and O–H groups in total. The summed E-state index contributed by atoms with van der Waals surface area (Å²) in [4.78, 5) is 16.0. The molecule has 4 rings (SSSR count). The number of fused-ring (bicyclic) bond motifs is 1. The summed E-state index contributed by atoms with van der Waals surface area (Å²) in [6.45, 7) is -0.0282. The van der Waals surface area contributed by atoms with Crippen LogP contribution in [0.4, 0.5) is 0 Å². The van der Waals surface area contributed by atoms with E-state index in [1.807, 2.05) is 36.5 Å². The van der Waals surface area contributed by atoms with Crippen LogP contribution in [0.3, 0.4) is 0 Å². The first-order valence-electron chi connectivity index (χ1n) is 10.2. The molecule has 0 aliphatic rings. The van der Waals surface area contributed by atoms with Gasteiger partial charge in [-0.2, -0.15) is 0 Å². The molecule has 0 saturated carbocycles. The van der Waals surface area contributed by atoms with Crippen molar-refractivity contribution in [1.82, 2.24) is 10.3 Å². The number of carbonyl (C=O) groups excluding carboxylic acids is 1. The van der Waals surface area contributed by atoms with E-state index in [1.165, 1.54) is 19.2 Å². The fourth-order valence-corrected chi connectivity index (χ4v) is 5.39. The number of aromatic amines is 1. The first-order valence-corrected chi connectivity index (χ1v) is 11.8. The van der Waals surface area contributed by atoms with Gasteiger partial charge in [-0.15, -0.1) is 0 Å². The van der Waals surface area contributed by atoms with Crippen molar-refractivity contribution in [2.75, 3.05) is 13.7 Å². The summed E-state index contributed by atoms with van der Waals surface area (Å²) in [6, 6.07) is 23.0. The van der Waals surface area contributed by atoms with Crippen LogP contribution in [0.25, 0.3) is 10.9 Å². The lowest BCUT2D eigenvalue weighted by Crippen LogP contribution is -2.32. The molecule has 32 heavy (non-hydrogen) atoms. The van der Waals surface area contributed by atoms with Crippen LogP contribution in [0.5, 0.6) is 5.75 Å². The Morgan fingerprint density at radius 1 is 0.969 bits per heavy atom. The first kappa shape index (κ1) is 21.6. The van der Waals surface area contributed by atoms with Crippen molar-refractivity contribution in [3.63, 3.8) is 0 Å². The Hall–Kier alpha value is -3.58. The Morgan fingerprint density at radius 3 is 2.38 bits per heavy atom. The molecule has 0 spiro atoms. The minimum Gasteiger partial charge on any atom is -0.497 e. The van der Waals surface area contributed by atoms with Crippen molar-refractivity contribution in [3.05, 3.63) is 96.2 Å². The molecule has 1 aromatic heterocycles. The van der Waals surface area contributed by atoms with Gasteiger partial charge in [0.25, 0.3) is 0 Å². The lowest BCUT2D eigenvalue weighted by molar-refractivity contribution is -0.120. The van der Waals surface area contributed by atoms with E-state index in [0.29, 0.717) is 11.3 Å². The fraction of sp³-hybridized carbons (Fsp3) is 0.160. The van der Waals surface area contributed by atoms with E-state index in [0.717, 1.165) is 16.5 Å². The molecule has 0 aliphatic heterocycles. The predicted octanol–water partition coefficient (Wildman–Crippen LogP) is 4.05. The van der Waals surface area contributed by atoms with Crippen molar-refractivity contribution in [1.29, 1.82) is 0 Å². The molecule has 3 aromatic carbocycles. The number of carbonyl (C=O) groups is 1. The number of ether oxygens (including phenoxy) is 1. The molecule has 0 saturated heterocycles. The summed E-state index contributed by atoms with van der Waals surface area (Å²) in [6.07, 6.45) is 1.97. The van der Waals surface area contributed by atoms with E-state index < -0.39 is 15.1 Å². The van der Waals surface area contributed by atoms with Gasteiger partial charge in [0.15, 0.2) is 9.84 Å². The van der Waals surface area contributed by atoms with Gasteiger partial charge in [0.05, 0.1) is 18.4 Å². The lowest BCUT2D eigenvalue weighted by atomic mass is 10.1. The summed E-state index contributed by atoms with van der Waals surface area (Å²) in [7, 11) is -2.22. The van der Waals surface area contributed by atoms with Crippen LogP contribution in [-0.4, -0.2) is 33.0 Å². The van der Waals surface area contributed by atoms with Gasteiger partial charge in [-0.05, 0) is 41.5 Å². The molecule has 4 aromatic rings. The highest BCUT2D eigenvalue weighted by molar-refractivity contribution is 7.91. The number of methoxy groups -OCH3 is 1. The normalized spacial score (nSPS) is 12.4. The number of hydrogen-bond acceptors (Lipinski definition) is 4. The SMILES string of the molecule is COc1ccc(S(=O)(=O)C(CNC(=O)Cc2c[nH]c3ccccc23)c2ccccc2)cc1. The van der Waals surface area contributed by atoms with Crippen LogP contribution in [0, 0.1) is 0 Å². The number of rotatable bonds is 8. The van der Waals surface area contributed by atoms with E-state index in [2.05, 4.69) is 10.3 Å². The molecule has 0 fully saturated rings. The van der Waals surface area contributed by atoms with Crippen molar-refractivity contribution in [2.45, 2.75) is 16.6 Å². The van der Waals surface area contributed by atoms with Crippen molar-refractivity contribution >= 4 is 26.6 Å². The van der Waals surface area contributed by atoms with E-state index in [1.54, 1.807) is 36.4 Å². The average Bonchev–Trinajstić information content (AvgIpc) is 3.22. The molecule has 0 aliphatic carbocycles. The Labute approximate surface area is 187 Å². The van der Waals surface area contributed by atoms with Crippen LogP contribution in [0.2, 0.25) is 0 Å². The van der Waals surface area contributed by atoms with Crippen molar-refractivity contribution in [2.24, 2.45) is 0 Å². The largest absolute Gasteiger partial charge is 0.497 e. The first-order chi connectivity index (χ1) is 15.5.